The highest BCUT2D eigenvalue weighted by atomic mass is 19.1. The van der Waals surface area contributed by atoms with Gasteiger partial charge in [-0.2, -0.15) is 5.10 Å². The maximum atomic E-state index is 13.9. The van der Waals surface area contributed by atoms with E-state index in [4.69, 9.17) is 0 Å². The van der Waals surface area contributed by atoms with E-state index < -0.39 is 23.9 Å². The van der Waals surface area contributed by atoms with Crippen LogP contribution in [-0.2, 0) is 6.42 Å². The molecule has 0 aromatic carbocycles. The number of aromatic amines is 1. The second-order valence-electron chi connectivity index (χ2n) is 7.00. The van der Waals surface area contributed by atoms with Gasteiger partial charge in [0.15, 0.2) is 11.5 Å². The number of hydrogen-bond donors (Lipinski definition) is 3. The van der Waals surface area contributed by atoms with Crippen LogP contribution in [-0.4, -0.2) is 62.2 Å². The van der Waals surface area contributed by atoms with Gasteiger partial charge in [0.1, 0.15) is 0 Å². The van der Waals surface area contributed by atoms with E-state index >= 15 is 0 Å². The number of carbonyl (C=O) groups is 2. The highest BCUT2D eigenvalue weighted by Gasteiger charge is 2.29. The van der Waals surface area contributed by atoms with Gasteiger partial charge in [-0.3, -0.25) is 14.7 Å². The summed E-state index contributed by atoms with van der Waals surface area (Å²) < 4.78 is 13.9. The largest absolute Gasteiger partial charge is 0.391 e. The van der Waals surface area contributed by atoms with E-state index in [1.165, 1.54) is 18.3 Å². The number of likely N-dealkylation sites (tertiary alicyclic amines) is 1. The summed E-state index contributed by atoms with van der Waals surface area (Å²) in [6, 6.07) is 2.30. The first-order valence-corrected chi connectivity index (χ1v) is 9.32. The number of hydrogen-bond acceptors (Lipinski definition) is 5. The fourth-order valence-electron chi connectivity index (χ4n) is 3.38. The molecule has 1 aliphatic heterocycles. The first-order valence-electron chi connectivity index (χ1n) is 9.32. The Morgan fingerprint density at radius 2 is 2.21 bits per heavy atom. The third kappa shape index (κ3) is 4.36. The molecule has 2 aromatic rings. The summed E-state index contributed by atoms with van der Waals surface area (Å²) in [6.45, 7) is 4.12. The SMILES string of the molecule is CCc1[nH]ncc1C(=O)N1CC[C@H](NC(=O)c2nc(C)ccc2F)C[C@H](O)C1. The smallest absolute Gasteiger partial charge is 0.273 e. The van der Waals surface area contributed by atoms with Crippen molar-refractivity contribution in [3.05, 3.63) is 46.8 Å². The zero-order chi connectivity index (χ0) is 20.3. The molecule has 150 valence electrons. The van der Waals surface area contributed by atoms with Crippen molar-refractivity contribution in [1.82, 2.24) is 25.4 Å². The van der Waals surface area contributed by atoms with Gasteiger partial charge < -0.3 is 15.3 Å². The molecule has 0 aliphatic carbocycles. The van der Waals surface area contributed by atoms with Crippen LogP contribution in [0.4, 0.5) is 4.39 Å². The standard InChI is InChI=1S/C19H24FN5O3/c1-3-16-14(9-21-24-16)19(28)25-7-6-12(8-13(26)10-25)23-18(27)17-15(20)5-4-11(2)22-17/h4-5,9,12-13,26H,3,6-8,10H2,1-2H3,(H,21,24)(H,23,27)/t12-,13-/m0/s1. The van der Waals surface area contributed by atoms with Crippen LogP contribution in [0.3, 0.4) is 0 Å². The van der Waals surface area contributed by atoms with Crippen LogP contribution in [0.5, 0.6) is 0 Å². The molecule has 3 heterocycles. The topological polar surface area (TPSA) is 111 Å². The minimum Gasteiger partial charge on any atom is -0.391 e. The Morgan fingerprint density at radius 3 is 2.96 bits per heavy atom. The van der Waals surface area contributed by atoms with E-state index in [9.17, 15) is 19.1 Å². The molecule has 2 aromatic heterocycles. The lowest BCUT2D eigenvalue weighted by Gasteiger charge is -2.21. The number of halogens is 1. The van der Waals surface area contributed by atoms with Crippen molar-refractivity contribution in [1.29, 1.82) is 0 Å². The van der Waals surface area contributed by atoms with Crippen molar-refractivity contribution in [2.45, 2.75) is 45.3 Å². The van der Waals surface area contributed by atoms with Gasteiger partial charge in [-0.1, -0.05) is 6.92 Å². The molecule has 0 bridgehead atoms. The molecule has 9 heteroatoms. The second kappa shape index (κ2) is 8.47. The Hall–Kier alpha value is -2.81. The molecule has 0 spiro atoms. The van der Waals surface area contributed by atoms with E-state index in [0.717, 1.165) is 5.69 Å². The lowest BCUT2D eigenvalue weighted by molar-refractivity contribution is 0.0650. The number of carbonyl (C=O) groups excluding carboxylic acids is 2. The highest BCUT2D eigenvalue weighted by Crippen LogP contribution is 2.17. The van der Waals surface area contributed by atoms with Gasteiger partial charge in [-0.25, -0.2) is 9.37 Å². The summed E-state index contributed by atoms with van der Waals surface area (Å²) in [7, 11) is 0. The van der Waals surface area contributed by atoms with Crippen molar-refractivity contribution in [3.63, 3.8) is 0 Å². The number of aromatic nitrogens is 3. The number of aryl methyl sites for hydroxylation is 2. The van der Waals surface area contributed by atoms with Gasteiger partial charge >= 0.3 is 0 Å². The number of nitrogens with zero attached hydrogens (tertiary/aromatic N) is 3. The van der Waals surface area contributed by atoms with Crippen molar-refractivity contribution >= 4 is 11.8 Å². The maximum absolute atomic E-state index is 13.9. The van der Waals surface area contributed by atoms with Crippen LogP contribution in [0.2, 0.25) is 0 Å². The van der Waals surface area contributed by atoms with Gasteiger partial charge in [0.25, 0.3) is 11.8 Å². The number of nitrogens with one attached hydrogen (secondary N) is 2. The van der Waals surface area contributed by atoms with Crippen molar-refractivity contribution in [2.24, 2.45) is 0 Å². The van der Waals surface area contributed by atoms with Crippen molar-refractivity contribution in [2.75, 3.05) is 13.1 Å². The van der Waals surface area contributed by atoms with Crippen LogP contribution < -0.4 is 5.32 Å². The molecule has 0 saturated carbocycles. The molecular weight excluding hydrogens is 365 g/mol. The molecular formula is C19H24FN5O3. The molecule has 1 aliphatic rings. The number of pyridine rings is 1. The summed E-state index contributed by atoms with van der Waals surface area (Å²) in [4.78, 5) is 30.7. The molecule has 3 N–H and O–H groups in total. The summed E-state index contributed by atoms with van der Waals surface area (Å²) in [5.74, 6) is -1.52. The highest BCUT2D eigenvalue weighted by molar-refractivity contribution is 5.95. The minimum absolute atomic E-state index is 0.163. The second-order valence-corrected chi connectivity index (χ2v) is 7.00. The normalized spacial score (nSPS) is 19.9. The van der Waals surface area contributed by atoms with E-state index in [1.54, 1.807) is 11.8 Å². The number of amides is 2. The lowest BCUT2D eigenvalue weighted by Crippen LogP contribution is -2.38. The third-order valence-electron chi connectivity index (χ3n) is 4.86. The zero-order valence-electron chi connectivity index (χ0n) is 15.9. The number of H-pyrrole nitrogens is 1. The fraction of sp³-hybridized carbons (Fsp3) is 0.474. The molecule has 1 fully saturated rings. The van der Waals surface area contributed by atoms with Gasteiger partial charge in [0, 0.05) is 30.5 Å². The van der Waals surface area contributed by atoms with Crippen LogP contribution in [0.25, 0.3) is 0 Å². The van der Waals surface area contributed by atoms with E-state index in [0.29, 0.717) is 30.6 Å². The number of aliphatic hydroxyl groups is 1. The molecule has 3 rings (SSSR count). The Balaban J connectivity index is 1.67. The van der Waals surface area contributed by atoms with Crippen LogP contribution in [0.1, 0.15) is 52.0 Å². The molecule has 0 radical (unpaired) electrons. The third-order valence-corrected chi connectivity index (χ3v) is 4.86. The summed E-state index contributed by atoms with van der Waals surface area (Å²) >= 11 is 0. The van der Waals surface area contributed by atoms with Gasteiger partial charge in [-0.15, -0.1) is 0 Å². The number of β-amino-alcohol motifs (C(OH)–C–C–N with tert-alkyl or cyclic N) is 1. The van der Waals surface area contributed by atoms with E-state index in [-0.39, 0.29) is 24.6 Å². The van der Waals surface area contributed by atoms with Gasteiger partial charge in [-0.05, 0) is 38.3 Å². The minimum atomic E-state index is -0.802. The van der Waals surface area contributed by atoms with E-state index in [2.05, 4.69) is 20.5 Å². The van der Waals surface area contributed by atoms with Gasteiger partial charge in [0.05, 0.1) is 17.9 Å². The van der Waals surface area contributed by atoms with Crippen LogP contribution in [0.15, 0.2) is 18.3 Å². The predicted molar refractivity (Wildman–Crippen MR) is 99.3 cm³/mol. The number of aliphatic hydroxyl groups excluding tert-OH is 1. The molecule has 2 atom stereocenters. The zero-order valence-corrected chi connectivity index (χ0v) is 15.9. The Morgan fingerprint density at radius 1 is 1.43 bits per heavy atom. The van der Waals surface area contributed by atoms with E-state index in [1.807, 2.05) is 6.92 Å². The number of rotatable bonds is 4. The first-order chi connectivity index (χ1) is 13.4. The monoisotopic (exact) mass is 389 g/mol. The Kier molecular flexibility index (Phi) is 6.03. The average Bonchev–Trinajstić information content (AvgIpc) is 3.07. The molecule has 28 heavy (non-hydrogen) atoms. The Bertz CT molecular complexity index is 869. The molecule has 8 nitrogen and oxygen atoms in total. The fourth-order valence-corrected chi connectivity index (χ4v) is 3.38. The van der Waals surface area contributed by atoms with Crippen molar-refractivity contribution in [3.8, 4) is 0 Å². The molecule has 0 unspecified atom stereocenters. The summed E-state index contributed by atoms with van der Waals surface area (Å²) in [6.07, 6.45) is 2.05. The predicted octanol–water partition coefficient (Wildman–Crippen LogP) is 1.21. The van der Waals surface area contributed by atoms with Crippen LogP contribution >= 0.6 is 0 Å². The maximum Gasteiger partial charge on any atom is 0.273 e. The summed E-state index contributed by atoms with van der Waals surface area (Å²) in [5, 5.41) is 19.8. The quantitative estimate of drug-likeness (QED) is 0.728. The molecule has 1 saturated heterocycles. The van der Waals surface area contributed by atoms with Crippen LogP contribution in [0, 0.1) is 12.7 Å². The first kappa shape index (κ1) is 19.9. The average molecular weight is 389 g/mol. The summed E-state index contributed by atoms with van der Waals surface area (Å²) in [5.41, 5.74) is 1.51. The van der Waals surface area contributed by atoms with Gasteiger partial charge in [0.2, 0.25) is 0 Å². The Labute approximate surface area is 162 Å². The lowest BCUT2D eigenvalue weighted by atomic mass is 10.1. The molecule has 2 amide bonds. The van der Waals surface area contributed by atoms with Crippen molar-refractivity contribution < 1.29 is 19.1 Å².